The maximum absolute atomic E-state index is 12.1. The van der Waals surface area contributed by atoms with Crippen molar-refractivity contribution in [3.63, 3.8) is 0 Å². The van der Waals surface area contributed by atoms with Crippen LogP contribution < -0.4 is 5.32 Å². The molecule has 1 aromatic carbocycles. The minimum absolute atomic E-state index is 0.163. The van der Waals surface area contributed by atoms with Crippen LogP contribution >= 0.6 is 22.9 Å². The molecule has 1 amide bonds. The Kier molecular flexibility index (Phi) is 3.81. The monoisotopic (exact) mass is 315 g/mol. The van der Waals surface area contributed by atoms with E-state index in [2.05, 4.69) is 14.7 Å². The number of carbonyl (C=O) groups excluding carboxylic acids is 1. The van der Waals surface area contributed by atoms with Gasteiger partial charge >= 0.3 is 0 Å². The smallest absolute Gasteiger partial charge is 0.257 e. The lowest BCUT2D eigenvalue weighted by atomic mass is 10.1. The Balaban J connectivity index is 1.77. The number of hydrogen-bond acceptors (Lipinski definition) is 5. The minimum atomic E-state index is -0.163. The molecule has 0 saturated heterocycles. The van der Waals surface area contributed by atoms with Crippen molar-refractivity contribution >= 4 is 33.9 Å². The SMILES string of the molecule is Cc1cccc(C(=O)Nc2nc(-c3ccc(C)s3)ns2)c1. The van der Waals surface area contributed by atoms with Gasteiger partial charge in [0.2, 0.25) is 5.13 Å². The van der Waals surface area contributed by atoms with Crippen LogP contribution in [0, 0.1) is 13.8 Å². The second-order valence-electron chi connectivity index (χ2n) is 4.66. The fourth-order valence-corrected chi connectivity index (χ4v) is 3.32. The van der Waals surface area contributed by atoms with Gasteiger partial charge in [0.05, 0.1) is 4.88 Å². The van der Waals surface area contributed by atoms with Crippen LogP contribution in [0.15, 0.2) is 36.4 Å². The number of anilines is 1. The maximum atomic E-state index is 12.1. The molecule has 0 atom stereocenters. The summed E-state index contributed by atoms with van der Waals surface area (Å²) < 4.78 is 4.29. The Morgan fingerprint density at radius 1 is 1.19 bits per heavy atom. The molecule has 3 rings (SSSR count). The fraction of sp³-hybridized carbons (Fsp3) is 0.133. The zero-order valence-electron chi connectivity index (χ0n) is 11.6. The van der Waals surface area contributed by atoms with E-state index in [0.29, 0.717) is 16.5 Å². The number of rotatable bonds is 3. The normalized spacial score (nSPS) is 10.6. The zero-order chi connectivity index (χ0) is 14.8. The van der Waals surface area contributed by atoms with Crippen LogP contribution in [0.25, 0.3) is 10.7 Å². The van der Waals surface area contributed by atoms with Gasteiger partial charge in [-0.1, -0.05) is 17.7 Å². The van der Waals surface area contributed by atoms with Crippen molar-refractivity contribution in [2.75, 3.05) is 5.32 Å². The lowest BCUT2D eigenvalue weighted by Gasteiger charge is -2.01. The average Bonchev–Trinajstić information content (AvgIpc) is 3.07. The summed E-state index contributed by atoms with van der Waals surface area (Å²) in [5.74, 6) is 0.501. The van der Waals surface area contributed by atoms with E-state index in [1.54, 1.807) is 17.4 Å². The van der Waals surface area contributed by atoms with E-state index in [0.717, 1.165) is 10.4 Å². The summed E-state index contributed by atoms with van der Waals surface area (Å²) >= 11 is 2.83. The Bertz CT molecular complexity index is 792. The largest absolute Gasteiger partial charge is 0.297 e. The average molecular weight is 315 g/mol. The molecule has 106 valence electrons. The maximum Gasteiger partial charge on any atom is 0.257 e. The van der Waals surface area contributed by atoms with Crippen molar-refractivity contribution in [2.45, 2.75) is 13.8 Å². The molecule has 0 radical (unpaired) electrons. The molecule has 4 nitrogen and oxygen atoms in total. The van der Waals surface area contributed by atoms with Crippen molar-refractivity contribution < 1.29 is 4.79 Å². The summed E-state index contributed by atoms with van der Waals surface area (Å²) in [6.07, 6.45) is 0. The second-order valence-corrected chi connectivity index (χ2v) is 6.70. The molecule has 6 heteroatoms. The first-order valence-corrected chi connectivity index (χ1v) is 7.99. The molecule has 0 aliphatic heterocycles. The van der Waals surface area contributed by atoms with Crippen LogP contribution in [0.1, 0.15) is 20.8 Å². The number of nitrogens with zero attached hydrogens (tertiary/aromatic N) is 2. The third kappa shape index (κ3) is 3.17. The van der Waals surface area contributed by atoms with Crippen molar-refractivity contribution in [3.05, 3.63) is 52.4 Å². The first kappa shape index (κ1) is 13.9. The van der Waals surface area contributed by atoms with E-state index in [1.807, 2.05) is 44.2 Å². The van der Waals surface area contributed by atoms with Crippen LogP contribution in [-0.4, -0.2) is 15.3 Å². The third-order valence-electron chi connectivity index (χ3n) is 2.89. The lowest BCUT2D eigenvalue weighted by molar-refractivity contribution is 0.102. The third-order valence-corrected chi connectivity index (χ3v) is 4.51. The topological polar surface area (TPSA) is 54.9 Å². The number of aryl methyl sites for hydroxylation is 2. The Morgan fingerprint density at radius 2 is 2.05 bits per heavy atom. The Labute approximate surface area is 130 Å². The summed E-state index contributed by atoms with van der Waals surface area (Å²) in [5, 5.41) is 3.31. The predicted octanol–water partition coefficient (Wildman–Crippen LogP) is 4.14. The summed E-state index contributed by atoms with van der Waals surface area (Å²) in [6, 6.07) is 11.5. The van der Waals surface area contributed by atoms with Gasteiger partial charge < -0.3 is 0 Å². The van der Waals surface area contributed by atoms with Crippen LogP contribution in [0.5, 0.6) is 0 Å². The van der Waals surface area contributed by atoms with Gasteiger partial charge in [0.1, 0.15) is 0 Å². The van der Waals surface area contributed by atoms with Gasteiger partial charge in [-0.3, -0.25) is 10.1 Å². The molecule has 0 aliphatic rings. The minimum Gasteiger partial charge on any atom is -0.297 e. The van der Waals surface area contributed by atoms with E-state index in [9.17, 15) is 4.79 Å². The molecule has 1 N–H and O–H groups in total. The molecule has 2 aromatic heterocycles. The first-order valence-electron chi connectivity index (χ1n) is 6.40. The molecule has 0 saturated carbocycles. The van der Waals surface area contributed by atoms with Gasteiger partial charge in [0.25, 0.3) is 5.91 Å². The van der Waals surface area contributed by atoms with Gasteiger partial charge in [-0.15, -0.1) is 11.3 Å². The highest BCUT2D eigenvalue weighted by Gasteiger charge is 2.12. The van der Waals surface area contributed by atoms with Crippen molar-refractivity contribution in [2.24, 2.45) is 0 Å². The zero-order valence-corrected chi connectivity index (χ0v) is 13.2. The Hall–Kier alpha value is -2.05. The van der Waals surface area contributed by atoms with Crippen LogP contribution in [0.4, 0.5) is 5.13 Å². The van der Waals surface area contributed by atoms with E-state index < -0.39 is 0 Å². The number of nitrogens with one attached hydrogen (secondary N) is 1. The number of amides is 1. The lowest BCUT2D eigenvalue weighted by Crippen LogP contribution is -2.11. The molecule has 0 unspecified atom stereocenters. The van der Waals surface area contributed by atoms with E-state index in [1.165, 1.54) is 16.4 Å². The van der Waals surface area contributed by atoms with Gasteiger partial charge in [-0.05, 0) is 38.1 Å². The second kappa shape index (κ2) is 5.75. The van der Waals surface area contributed by atoms with E-state index in [-0.39, 0.29) is 5.91 Å². The van der Waals surface area contributed by atoms with E-state index in [4.69, 9.17) is 0 Å². The molecule has 3 aromatic rings. The number of benzene rings is 1. The first-order chi connectivity index (χ1) is 10.1. The molecule has 0 spiro atoms. The number of hydrogen-bond donors (Lipinski definition) is 1. The Morgan fingerprint density at radius 3 is 2.76 bits per heavy atom. The predicted molar refractivity (Wildman–Crippen MR) is 87.1 cm³/mol. The molecular weight excluding hydrogens is 302 g/mol. The van der Waals surface area contributed by atoms with Crippen molar-refractivity contribution in [1.82, 2.24) is 9.36 Å². The fourth-order valence-electron chi connectivity index (χ4n) is 1.88. The van der Waals surface area contributed by atoms with Crippen LogP contribution in [-0.2, 0) is 0 Å². The highest BCUT2D eigenvalue weighted by atomic mass is 32.1. The molecule has 21 heavy (non-hydrogen) atoms. The standard InChI is InChI=1S/C15H13N3OS2/c1-9-4-3-5-11(8-9)14(19)17-15-16-13(18-21-15)12-7-6-10(2)20-12/h3-8H,1-2H3,(H,16,17,18,19). The molecular formula is C15H13N3OS2. The molecule has 2 heterocycles. The van der Waals surface area contributed by atoms with Crippen molar-refractivity contribution in [1.29, 1.82) is 0 Å². The van der Waals surface area contributed by atoms with E-state index >= 15 is 0 Å². The molecule has 0 fully saturated rings. The number of aromatic nitrogens is 2. The highest BCUT2D eigenvalue weighted by Crippen LogP contribution is 2.27. The highest BCUT2D eigenvalue weighted by molar-refractivity contribution is 7.15. The summed E-state index contributed by atoms with van der Waals surface area (Å²) in [5.41, 5.74) is 1.67. The van der Waals surface area contributed by atoms with Gasteiger partial charge in [-0.25, -0.2) is 0 Å². The quantitative estimate of drug-likeness (QED) is 0.790. The summed E-state index contributed by atoms with van der Waals surface area (Å²) in [6.45, 7) is 4.00. The molecule has 0 aliphatic carbocycles. The summed E-state index contributed by atoms with van der Waals surface area (Å²) in [4.78, 5) is 18.7. The summed E-state index contributed by atoms with van der Waals surface area (Å²) in [7, 11) is 0. The van der Waals surface area contributed by atoms with Gasteiger partial charge in [-0.2, -0.15) is 9.36 Å². The van der Waals surface area contributed by atoms with Gasteiger partial charge in [0.15, 0.2) is 5.82 Å². The molecule has 0 bridgehead atoms. The van der Waals surface area contributed by atoms with Crippen LogP contribution in [0.2, 0.25) is 0 Å². The van der Waals surface area contributed by atoms with Crippen molar-refractivity contribution in [3.8, 4) is 10.7 Å². The number of carbonyl (C=O) groups is 1. The van der Waals surface area contributed by atoms with Crippen LogP contribution in [0.3, 0.4) is 0 Å². The number of thiophene rings is 1. The van der Waals surface area contributed by atoms with Gasteiger partial charge in [0, 0.05) is 22.0 Å².